The SMILES string of the molecule is [CH2+]C(C)[C@H](N)C(=O)OC(C)(C)C. The maximum absolute atomic E-state index is 11.2. The van der Waals surface area contributed by atoms with Gasteiger partial charge in [0.1, 0.15) is 17.6 Å². The summed E-state index contributed by atoms with van der Waals surface area (Å²) in [6.07, 6.45) is 0. The van der Waals surface area contributed by atoms with E-state index in [-0.39, 0.29) is 11.9 Å². The van der Waals surface area contributed by atoms with E-state index in [4.69, 9.17) is 10.5 Å². The number of hydrogen-bond donors (Lipinski definition) is 1. The number of ether oxygens (including phenoxy) is 1. The van der Waals surface area contributed by atoms with Crippen molar-refractivity contribution in [1.82, 2.24) is 0 Å². The fraction of sp³-hybridized carbons (Fsp3) is 0.778. The van der Waals surface area contributed by atoms with E-state index < -0.39 is 11.6 Å². The normalized spacial score (nSPS) is 16.8. The molecular formula is C9H18NO2+. The van der Waals surface area contributed by atoms with Crippen molar-refractivity contribution < 1.29 is 9.53 Å². The lowest BCUT2D eigenvalue weighted by molar-refractivity contribution is -0.157. The van der Waals surface area contributed by atoms with Gasteiger partial charge >= 0.3 is 5.97 Å². The number of carbonyl (C=O) groups is 1. The second-order valence-corrected chi connectivity index (χ2v) is 4.04. The van der Waals surface area contributed by atoms with Gasteiger partial charge in [0, 0.05) is 0 Å². The minimum atomic E-state index is -0.621. The number of rotatable bonds is 2. The third-order valence-corrected chi connectivity index (χ3v) is 1.29. The Bertz CT molecular complexity index is 158. The van der Waals surface area contributed by atoms with Crippen LogP contribution in [0.25, 0.3) is 0 Å². The fourth-order valence-electron chi connectivity index (χ4n) is 0.602. The molecule has 0 aromatic heterocycles. The van der Waals surface area contributed by atoms with Crippen molar-refractivity contribution in [3.63, 3.8) is 0 Å². The van der Waals surface area contributed by atoms with Gasteiger partial charge in [-0.15, -0.1) is 0 Å². The Labute approximate surface area is 74.3 Å². The standard InChI is InChI=1S/C9H18NO2/c1-6(2)7(10)8(11)12-9(3,4)5/h6-7H,1,10H2,2-5H3/q+1/t6?,7-/m0/s1. The van der Waals surface area contributed by atoms with E-state index in [1.807, 2.05) is 20.8 Å². The zero-order valence-corrected chi connectivity index (χ0v) is 8.26. The molecule has 3 heteroatoms. The zero-order chi connectivity index (χ0) is 9.94. The van der Waals surface area contributed by atoms with Crippen LogP contribution >= 0.6 is 0 Å². The van der Waals surface area contributed by atoms with Crippen molar-refractivity contribution in [3.8, 4) is 0 Å². The topological polar surface area (TPSA) is 52.3 Å². The van der Waals surface area contributed by atoms with Crippen LogP contribution in [0.4, 0.5) is 0 Å². The summed E-state index contributed by atoms with van der Waals surface area (Å²) in [5, 5.41) is 0. The molecule has 0 saturated heterocycles. The first-order valence-corrected chi connectivity index (χ1v) is 4.05. The highest BCUT2D eigenvalue weighted by Gasteiger charge is 2.27. The molecule has 2 atom stereocenters. The summed E-state index contributed by atoms with van der Waals surface area (Å²) in [5.74, 6) is -0.509. The van der Waals surface area contributed by atoms with Gasteiger partial charge in [0.2, 0.25) is 0 Å². The Kier molecular flexibility index (Phi) is 3.58. The summed E-state index contributed by atoms with van der Waals surface area (Å²) >= 11 is 0. The maximum Gasteiger partial charge on any atom is 0.328 e. The van der Waals surface area contributed by atoms with Gasteiger partial charge in [0.25, 0.3) is 0 Å². The van der Waals surface area contributed by atoms with E-state index in [0.717, 1.165) is 0 Å². The number of esters is 1. The molecule has 0 rings (SSSR count). The second kappa shape index (κ2) is 3.81. The van der Waals surface area contributed by atoms with Gasteiger partial charge < -0.3 is 10.5 Å². The molecule has 1 unspecified atom stereocenters. The first-order chi connectivity index (χ1) is 5.24. The van der Waals surface area contributed by atoms with Crippen LogP contribution in [0.3, 0.4) is 0 Å². The molecule has 0 radical (unpaired) electrons. The Morgan fingerprint density at radius 3 is 2.17 bits per heavy atom. The Balaban J connectivity index is 4.05. The van der Waals surface area contributed by atoms with Crippen molar-refractivity contribution in [2.45, 2.75) is 39.3 Å². The average Bonchev–Trinajstić information content (AvgIpc) is 1.82. The maximum atomic E-state index is 11.2. The summed E-state index contributed by atoms with van der Waals surface area (Å²) in [4.78, 5) is 11.2. The van der Waals surface area contributed by atoms with Crippen LogP contribution in [0.5, 0.6) is 0 Å². The summed E-state index contributed by atoms with van der Waals surface area (Å²) in [7, 11) is 0. The molecule has 12 heavy (non-hydrogen) atoms. The fourth-order valence-corrected chi connectivity index (χ4v) is 0.602. The lowest BCUT2D eigenvalue weighted by Gasteiger charge is -2.21. The smallest absolute Gasteiger partial charge is 0.328 e. The van der Waals surface area contributed by atoms with E-state index in [1.54, 1.807) is 6.92 Å². The van der Waals surface area contributed by atoms with Crippen LogP contribution < -0.4 is 5.73 Å². The molecule has 0 aromatic carbocycles. The highest BCUT2D eigenvalue weighted by atomic mass is 16.6. The van der Waals surface area contributed by atoms with Crippen molar-refractivity contribution in [2.24, 2.45) is 11.7 Å². The molecule has 0 heterocycles. The third-order valence-electron chi connectivity index (χ3n) is 1.29. The summed E-state index contributed by atoms with van der Waals surface area (Å²) in [6.45, 7) is 10.9. The quantitative estimate of drug-likeness (QED) is 0.501. The van der Waals surface area contributed by atoms with E-state index in [1.165, 1.54) is 0 Å². The van der Waals surface area contributed by atoms with Crippen LogP contribution in [-0.2, 0) is 9.53 Å². The van der Waals surface area contributed by atoms with Crippen LogP contribution in [0.1, 0.15) is 27.7 Å². The van der Waals surface area contributed by atoms with E-state index in [0.29, 0.717) is 0 Å². The third kappa shape index (κ3) is 4.23. The van der Waals surface area contributed by atoms with Crippen molar-refractivity contribution in [1.29, 1.82) is 0 Å². The summed E-state index contributed by atoms with van der Waals surface area (Å²) in [6, 6.07) is -0.621. The molecule has 0 aliphatic rings. The molecule has 0 aliphatic heterocycles. The monoisotopic (exact) mass is 172 g/mol. The van der Waals surface area contributed by atoms with Crippen LogP contribution in [-0.4, -0.2) is 17.6 Å². The number of nitrogens with two attached hydrogens (primary N) is 1. The van der Waals surface area contributed by atoms with Gasteiger partial charge in [-0.3, -0.25) is 4.79 Å². The average molecular weight is 172 g/mol. The molecule has 0 saturated carbocycles. The Hall–Kier alpha value is -0.700. The minimum absolute atomic E-state index is 0.125. The zero-order valence-electron chi connectivity index (χ0n) is 8.26. The first-order valence-electron chi connectivity index (χ1n) is 4.05. The molecule has 0 spiro atoms. The Morgan fingerprint density at radius 2 is 1.92 bits per heavy atom. The molecule has 3 nitrogen and oxygen atoms in total. The van der Waals surface area contributed by atoms with E-state index in [2.05, 4.69) is 6.92 Å². The number of hydrogen-bond acceptors (Lipinski definition) is 3. The molecule has 0 aromatic rings. The molecule has 0 bridgehead atoms. The van der Waals surface area contributed by atoms with E-state index >= 15 is 0 Å². The molecule has 2 N–H and O–H groups in total. The predicted molar refractivity (Wildman–Crippen MR) is 48.3 cm³/mol. The second-order valence-electron chi connectivity index (χ2n) is 4.04. The predicted octanol–water partition coefficient (Wildman–Crippen LogP) is 1.13. The Morgan fingerprint density at radius 1 is 1.50 bits per heavy atom. The van der Waals surface area contributed by atoms with Gasteiger partial charge in [-0.25, -0.2) is 0 Å². The van der Waals surface area contributed by atoms with Gasteiger partial charge in [0.05, 0.1) is 6.92 Å². The highest BCUT2D eigenvalue weighted by molar-refractivity contribution is 5.76. The molecule has 0 aliphatic carbocycles. The van der Waals surface area contributed by atoms with Crippen molar-refractivity contribution in [2.75, 3.05) is 0 Å². The number of carbonyl (C=O) groups excluding carboxylic acids is 1. The minimum Gasteiger partial charge on any atom is -0.459 e. The van der Waals surface area contributed by atoms with Gasteiger partial charge in [-0.2, -0.15) is 0 Å². The van der Waals surface area contributed by atoms with Crippen molar-refractivity contribution in [3.05, 3.63) is 6.92 Å². The van der Waals surface area contributed by atoms with Crippen molar-refractivity contribution >= 4 is 5.97 Å². The van der Waals surface area contributed by atoms with Gasteiger partial charge in [0.15, 0.2) is 0 Å². The molecule has 0 amide bonds. The lowest BCUT2D eigenvalue weighted by atomic mass is 10.1. The lowest BCUT2D eigenvalue weighted by Crippen LogP contribution is -2.40. The highest BCUT2D eigenvalue weighted by Crippen LogP contribution is 2.10. The first kappa shape index (κ1) is 11.3. The summed E-state index contributed by atoms with van der Waals surface area (Å²) in [5.41, 5.74) is 5.06. The van der Waals surface area contributed by atoms with E-state index in [9.17, 15) is 4.79 Å². The molecule has 70 valence electrons. The largest absolute Gasteiger partial charge is 0.459 e. The van der Waals surface area contributed by atoms with Gasteiger partial charge in [-0.05, 0) is 27.7 Å². The van der Waals surface area contributed by atoms with Crippen LogP contribution in [0.15, 0.2) is 0 Å². The summed E-state index contributed by atoms with van der Waals surface area (Å²) < 4.78 is 5.06. The van der Waals surface area contributed by atoms with Gasteiger partial charge in [-0.1, -0.05) is 0 Å². The van der Waals surface area contributed by atoms with Crippen LogP contribution in [0, 0.1) is 12.8 Å². The van der Waals surface area contributed by atoms with Crippen LogP contribution in [0.2, 0.25) is 0 Å². The molecular weight excluding hydrogens is 154 g/mol. The molecule has 0 fully saturated rings.